The molecule has 2 nitrogen and oxygen atoms in total. The van der Waals surface area contributed by atoms with Gasteiger partial charge in [0.05, 0.1) is 0 Å². The van der Waals surface area contributed by atoms with Crippen molar-refractivity contribution < 1.29 is 13.2 Å². The molecule has 0 saturated heterocycles. The zero-order valence-corrected chi connectivity index (χ0v) is 13.0. The zero-order chi connectivity index (χ0) is 15.4. The van der Waals surface area contributed by atoms with E-state index >= 15 is 0 Å². The van der Waals surface area contributed by atoms with E-state index in [4.69, 9.17) is 23.2 Å². The largest absolute Gasteiger partial charge is 0.398 e. The quantitative estimate of drug-likeness (QED) is 0.549. The van der Waals surface area contributed by atoms with Gasteiger partial charge in [0, 0.05) is 16.5 Å². The number of hydrazine groups is 1. The van der Waals surface area contributed by atoms with Crippen LogP contribution >= 0.6 is 23.2 Å². The minimum atomic E-state index is -4.46. The molecule has 0 bridgehead atoms. The maximum Gasteiger partial charge on any atom is 0.398 e. The molecular weight excluding hydrogens is 300 g/mol. The molecule has 0 aromatic heterocycles. The summed E-state index contributed by atoms with van der Waals surface area (Å²) in [6.07, 6.45) is -4.46. The van der Waals surface area contributed by atoms with Crippen LogP contribution < -0.4 is 10.9 Å². The van der Waals surface area contributed by atoms with Crippen molar-refractivity contribution in [3.05, 3.63) is 11.6 Å². The summed E-state index contributed by atoms with van der Waals surface area (Å²) in [5, 5.41) is -0.671. The first-order valence-corrected chi connectivity index (χ1v) is 6.82. The van der Waals surface area contributed by atoms with E-state index in [1.165, 1.54) is 7.05 Å². The van der Waals surface area contributed by atoms with Crippen molar-refractivity contribution in [3.63, 3.8) is 0 Å². The minimum absolute atomic E-state index is 0.117. The van der Waals surface area contributed by atoms with Gasteiger partial charge in [0.15, 0.2) is 0 Å². The van der Waals surface area contributed by atoms with E-state index < -0.39 is 23.2 Å². The molecule has 2 N–H and O–H groups in total. The van der Waals surface area contributed by atoms with Gasteiger partial charge in [-0.05, 0) is 25.8 Å². The molecule has 7 heteroatoms. The number of hydrogen-bond acceptors (Lipinski definition) is 2. The fourth-order valence-electron chi connectivity index (χ4n) is 2.01. The molecule has 0 fully saturated rings. The van der Waals surface area contributed by atoms with Gasteiger partial charge in [-0.25, -0.2) is 0 Å². The van der Waals surface area contributed by atoms with Crippen LogP contribution in [0, 0.1) is 17.8 Å². The van der Waals surface area contributed by atoms with Gasteiger partial charge in [0.1, 0.15) is 5.92 Å². The highest BCUT2D eigenvalue weighted by atomic mass is 35.5. The topological polar surface area (TPSA) is 24.1 Å². The summed E-state index contributed by atoms with van der Waals surface area (Å²) in [7, 11) is 1.51. The van der Waals surface area contributed by atoms with Gasteiger partial charge in [-0.15, -0.1) is 11.6 Å². The van der Waals surface area contributed by atoms with Crippen LogP contribution in [0.4, 0.5) is 13.2 Å². The number of nitrogens with one attached hydrogen (secondary N) is 2. The molecule has 0 rings (SSSR count). The summed E-state index contributed by atoms with van der Waals surface area (Å²) in [5.41, 5.74) is 5.19. The van der Waals surface area contributed by atoms with E-state index in [0.717, 1.165) is 0 Å². The smallest absolute Gasteiger partial charge is 0.261 e. The Kier molecular flexibility index (Phi) is 7.73. The fourth-order valence-corrected chi connectivity index (χ4v) is 2.50. The Morgan fingerprint density at radius 2 is 1.63 bits per heavy atom. The molecule has 0 aliphatic carbocycles. The Bertz CT molecular complexity index is 295. The molecule has 114 valence electrons. The Balaban J connectivity index is 5.31. The fraction of sp³-hybridized carbons (Fsp3) is 0.833. The molecule has 5 atom stereocenters. The predicted octanol–water partition coefficient (Wildman–Crippen LogP) is 3.91. The monoisotopic (exact) mass is 320 g/mol. The number of hydrogen-bond donors (Lipinski definition) is 2. The third-order valence-electron chi connectivity index (χ3n) is 3.48. The lowest BCUT2D eigenvalue weighted by Crippen LogP contribution is -2.53. The molecule has 0 spiro atoms. The van der Waals surface area contributed by atoms with E-state index in [1.807, 2.05) is 6.92 Å². The van der Waals surface area contributed by atoms with Crippen molar-refractivity contribution in [2.45, 2.75) is 38.4 Å². The first-order valence-electron chi connectivity index (χ1n) is 6.01. The highest BCUT2D eigenvalue weighted by Crippen LogP contribution is 2.39. The second-order valence-corrected chi connectivity index (χ2v) is 5.96. The first-order chi connectivity index (χ1) is 8.53. The van der Waals surface area contributed by atoms with E-state index in [1.54, 1.807) is 13.8 Å². The maximum absolute atomic E-state index is 13.1. The maximum atomic E-state index is 13.1. The van der Waals surface area contributed by atoms with Gasteiger partial charge in [-0.3, -0.25) is 10.9 Å². The molecule has 0 aliphatic rings. The first kappa shape index (κ1) is 19.0. The second-order valence-electron chi connectivity index (χ2n) is 4.78. The van der Waals surface area contributed by atoms with Crippen molar-refractivity contribution in [2.75, 3.05) is 7.05 Å². The molecule has 0 saturated carbocycles. The average Bonchev–Trinajstić information content (AvgIpc) is 2.23. The lowest BCUT2D eigenvalue weighted by atomic mass is 9.80. The number of alkyl halides is 4. The van der Waals surface area contributed by atoms with E-state index in [0.29, 0.717) is 0 Å². The van der Waals surface area contributed by atoms with Gasteiger partial charge < -0.3 is 0 Å². The second kappa shape index (κ2) is 7.72. The SMILES string of the molecule is C=C(Cl)C([C@H](NNC)[C@H](C)[C@H](C)[C@H](C)Cl)C(F)(F)F. The molecule has 0 radical (unpaired) electrons. The number of rotatable bonds is 7. The van der Waals surface area contributed by atoms with Gasteiger partial charge in [-0.1, -0.05) is 32.0 Å². The van der Waals surface area contributed by atoms with Crippen LogP contribution in [0.5, 0.6) is 0 Å². The lowest BCUT2D eigenvalue weighted by molar-refractivity contribution is -0.174. The molecule has 0 aromatic rings. The zero-order valence-electron chi connectivity index (χ0n) is 11.5. The van der Waals surface area contributed by atoms with Gasteiger partial charge >= 0.3 is 6.18 Å². The summed E-state index contributed by atoms with van der Waals surface area (Å²) in [4.78, 5) is 0. The van der Waals surface area contributed by atoms with Crippen LogP contribution in [-0.4, -0.2) is 24.6 Å². The normalized spacial score (nSPS) is 20.5. The predicted molar refractivity (Wildman–Crippen MR) is 74.2 cm³/mol. The Hall–Kier alpha value is 0.0300. The van der Waals surface area contributed by atoms with Crippen LogP contribution in [0.2, 0.25) is 0 Å². The average molecular weight is 321 g/mol. The minimum Gasteiger partial charge on any atom is -0.261 e. The van der Waals surface area contributed by atoms with Gasteiger partial charge in [-0.2, -0.15) is 13.2 Å². The molecule has 0 heterocycles. The van der Waals surface area contributed by atoms with Crippen molar-refractivity contribution in [2.24, 2.45) is 17.8 Å². The van der Waals surface area contributed by atoms with Crippen molar-refractivity contribution >= 4 is 23.2 Å². The molecule has 0 aliphatic heterocycles. The summed E-state index contributed by atoms with van der Waals surface area (Å²) >= 11 is 11.6. The van der Waals surface area contributed by atoms with E-state index in [-0.39, 0.29) is 17.2 Å². The van der Waals surface area contributed by atoms with Crippen LogP contribution in [-0.2, 0) is 0 Å². The van der Waals surface area contributed by atoms with E-state index in [2.05, 4.69) is 17.4 Å². The van der Waals surface area contributed by atoms with Crippen LogP contribution in [0.3, 0.4) is 0 Å². The van der Waals surface area contributed by atoms with Crippen LogP contribution in [0.15, 0.2) is 11.6 Å². The summed E-state index contributed by atoms with van der Waals surface area (Å²) < 4.78 is 39.4. The van der Waals surface area contributed by atoms with Gasteiger partial charge in [0.25, 0.3) is 0 Å². The Morgan fingerprint density at radius 3 is 1.89 bits per heavy atom. The standard InChI is InChI=1S/C12H21Cl2F3N2/c1-6(8(3)13)7(2)11(19-18-5)10(9(4)14)12(15,16)17/h6-8,10-11,18-19H,4H2,1-3,5H3/t6-,7+,8-,10?,11+/m0/s1. The molecule has 19 heavy (non-hydrogen) atoms. The van der Waals surface area contributed by atoms with Crippen molar-refractivity contribution in [1.29, 1.82) is 0 Å². The highest BCUT2D eigenvalue weighted by molar-refractivity contribution is 6.29. The summed E-state index contributed by atoms with van der Waals surface area (Å²) in [6, 6.07) is -0.939. The van der Waals surface area contributed by atoms with Crippen LogP contribution in [0.1, 0.15) is 20.8 Å². The van der Waals surface area contributed by atoms with Gasteiger partial charge in [0.2, 0.25) is 0 Å². The van der Waals surface area contributed by atoms with Crippen molar-refractivity contribution in [3.8, 4) is 0 Å². The Morgan fingerprint density at radius 1 is 1.16 bits per heavy atom. The summed E-state index contributed by atoms with van der Waals surface area (Å²) in [6.45, 7) is 8.55. The van der Waals surface area contributed by atoms with Crippen molar-refractivity contribution in [1.82, 2.24) is 10.9 Å². The molecule has 1 unspecified atom stereocenters. The lowest BCUT2D eigenvalue weighted by Gasteiger charge is -2.36. The molecule has 0 amide bonds. The Labute approximate surface area is 122 Å². The third kappa shape index (κ3) is 5.50. The highest BCUT2D eigenvalue weighted by Gasteiger charge is 2.48. The van der Waals surface area contributed by atoms with Crippen LogP contribution in [0.25, 0.3) is 0 Å². The summed E-state index contributed by atoms with van der Waals surface area (Å²) in [5.74, 6) is -2.30. The number of halogens is 5. The third-order valence-corrected chi connectivity index (χ3v) is 4.11. The molecular formula is C12H21Cl2F3N2. The van der Waals surface area contributed by atoms with E-state index in [9.17, 15) is 13.2 Å². The molecule has 0 aromatic carbocycles.